The summed E-state index contributed by atoms with van der Waals surface area (Å²) in [6.45, 7) is 5.43. The number of hydrogen-bond acceptors (Lipinski definition) is 5. The molecule has 2 aliphatic rings. The fourth-order valence-electron chi connectivity index (χ4n) is 3.22. The van der Waals surface area contributed by atoms with Gasteiger partial charge in [0.2, 0.25) is 5.91 Å². The van der Waals surface area contributed by atoms with Crippen molar-refractivity contribution in [3.8, 4) is 0 Å². The van der Waals surface area contributed by atoms with Gasteiger partial charge in [-0.3, -0.25) is 19.9 Å². The average Bonchev–Trinajstić information content (AvgIpc) is 2.63. The maximum atomic E-state index is 12.7. The molecule has 26 heavy (non-hydrogen) atoms. The monoisotopic (exact) mass is 356 g/mol. The smallest absolute Gasteiger partial charge is 0.302 e. The average molecular weight is 356 g/mol. The lowest BCUT2D eigenvalue weighted by Gasteiger charge is -2.28. The molecule has 138 valence electrons. The van der Waals surface area contributed by atoms with Crippen LogP contribution in [0.25, 0.3) is 0 Å². The Morgan fingerprint density at radius 2 is 1.81 bits per heavy atom. The van der Waals surface area contributed by atoms with Crippen LogP contribution in [-0.4, -0.2) is 55.1 Å². The Morgan fingerprint density at radius 1 is 1.12 bits per heavy atom. The first kappa shape index (κ1) is 18.3. The van der Waals surface area contributed by atoms with Gasteiger partial charge in [0.25, 0.3) is 5.91 Å². The number of nitrogens with zero attached hydrogens (tertiary/aromatic N) is 3. The summed E-state index contributed by atoms with van der Waals surface area (Å²) < 4.78 is 0. The molecule has 0 aromatic heterocycles. The molecule has 0 radical (unpaired) electrons. The van der Waals surface area contributed by atoms with Crippen molar-refractivity contribution in [1.29, 1.82) is 0 Å². The van der Waals surface area contributed by atoms with E-state index in [1.807, 2.05) is 19.1 Å². The van der Waals surface area contributed by atoms with Gasteiger partial charge in [-0.15, -0.1) is 0 Å². The SMILES string of the molecule is Cc1ccc(N2C(=O)NC(=O)[C@@H](C=NCCN3CCCCC3)C2=O)cc1. The maximum absolute atomic E-state index is 12.7. The number of barbiturate groups is 1. The molecule has 2 heterocycles. The van der Waals surface area contributed by atoms with Gasteiger partial charge in [0.1, 0.15) is 0 Å². The third-order valence-electron chi connectivity index (χ3n) is 4.74. The van der Waals surface area contributed by atoms with Crippen LogP contribution in [0.2, 0.25) is 0 Å². The Balaban J connectivity index is 1.65. The maximum Gasteiger partial charge on any atom is 0.335 e. The van der Waals surface area contributed by atoms with Crippen LogP contribution in [0.3, 0.4) is 0 Å². The number of nitrogens with one attached hydrogen (secondary N) is 1. The van der Waals surface area contributed by atoms with E-state index >= 15 is 0 Å². The van der Waals surface area contributed by atoms with Gasteiger partial charge in [-0.05, 0) is 45.0 Å². The molecule has 7 nitrogen and oxygen atoms in total. The van der Waals surface area contributed by atoms with E-state index in [4.69, 9.17) is 0 Å². The molecule has 2 fully saturated rings. The number of aryl methyl sites for hydroxylation is 1. The molecule has 2 saturated heterocycles. The molecule has 7 heteroatoms. The van der Waals surface area contributed by atoms with Gasteiger partial charge < -0.3 is 4.90 Å². The summed E-state index contributed by atoms with van der Waals surface area (Å²) in [5.41, 5.74) is 1.46. The van der Waals surface area contributed by atoms with Gasteiger partial charge in [0.05, 0.1) is 12.2 Å². The largest absolute Gasteiger partial charge is 0.335 e. The van der Waals surface area contributed by atoms with E-state index in [1.54, 1.807) is 12.1 Å². The zero-order chi connectivity index (χ0) is 18.5. The Morgan fingerprint density at radius 3 is 2.50 bits per heavy atom. The Hall–Kier alpha value is -2.54. The number of carbonyl (C=O) groups excluding carboxylic acids is 3. The number of likely N-dealkylation sites (tertiary alicyclic amines) is 1. The van der Waals surface area contributed by atoms with Crippen LogP contribution >= 0.6 is 0 Å². The molecule has 1 aromatic carbocycles. The van der Waals surface area contributed by atoms with Gasteiger partial charge >= 0.3 is 6.03 Å². The van der Waals surface area contributed by atoms with Crippen molar-refractivity contribution >= 4 is 29.7 Å². The molecule has 1 atom stereocenters. The van der Waals surface area contributed by atoms with Crippen molar-refractivity contribution in [3.05, 3.63) is 29.8 Å². The van der Waals surface area contributed by atoms with Gasteiger partial charge in [-0.1, -0.05) is 24.1 Å². The van der Waals surface area contributed by atoms with Gasteiger partial charge in [-0.25, -0.2) is 9.69 Å². The van der Waals surface area contributed by atoms with Crippen LogP contribution in [0.5, 0.6) is 0 Å². The standard InChI is InChI=1S/C19H24N4O3/c1-14-5-7-15(8-6-14)23-18(25)16(17(24)21-19(23)26)13-20-9-12-22-10-3-2-4-11-22/h5-8,13,16H,2-4,9-12H2,1H3,(H,21,24,26)/t16-/m1/s1. The molecule has 0 unspecified atom stereocenters. The van der Waals surface area contributed by atoms with Crippen LogP contribution in [0.15, 0.2) is 29.3 Å². The number of benzene rings is 1. The van der Waals surface area contributed by atoms with Gasteiger partial charge in [-0.2, -0.15) is 0 Å². The predicted molar refractivity (Wildman–Crippen MR) is 99.3 cm³/mol. The minimum atomic E-state index is -1.07. The molecular formula is C19H24N4O3. The summed E-state index contributed by atoms with van der Waals surface area (Å²) in [4.78, 5) is 44.4. The van der Waals surface area contributed by atoms with Crippen LogP contribution < -0.4 is 10.2 Å². The summed E-state index contributed by atoms with van der Waals surface area (Å²) in [6.07, 6.45) is 5.07. The highest BCUT2D eigenvalue weighted by atomic mass is 16.2. The number of rotatable bonds is 5. The molecule has 2 aliphatic heterocycles. The zero-order valence-electron chi connectivity index (χ0n) is 15.0. The van der Waals surface area contributed by atoms with Crippen molar-refractivity contribution in [2.45, 2.75) is 26.2 Å². The molecular weight excluding hydrogens is 332 g/mol. The van der Waals surface area contributed by atoms with Gasteiger partial charge in [0, 0.05) is 12.8 Å². The van der Waals surface area contributed by atoms with Crippen LogP contribution in [0.1, 0.15) is 24.8 Å². The first-order valence-corrected chi connectivity index (χ1v) is 9.04. The van der Waals surface area contributed by atoms with Gasteiger partial charge in [0.15, 0.2) is 5.92 Å². The molecule has 1 aromatic rings. The van der Waals surface area contributed by atoms with Crippen LogP contribution in [-0.2, 0) is 9.59 Å². The van der Waals surface area contributed by atoms with Crippen LogP contribution in [0.4, 0.5) is 10.5 Å². The van der Waals surface area contributed by atoms with Crippen molar-refractivity contribution in [3.63, 3.8) is 0 Å². The topological polar surface area (TPSA) is 82.1 Å². The Labute approximate surface area is 153 Å². The Kier molecular flexibility index (Phi) is 5.78. The molecule has 0 aliphatic carbocycles. The van der Waals surface area contributed by atoms with E-state index < -0.39 is 23.8 Å². The summed E-state index contributed by atoms with van der Waals surface area (Å²) >= 11 is 0. The summed E-state index contributed by atoms with van der Waals surface area (Å²) in [6, 6.07) is 6.28. The second-order valence-electron chi connectivity index (χ2n) is 6.74. The van der Waals surface area contributed by atoms with Crippen molar-refractivity contribution < 1.29 is 14.4 Å². The lowest BCUT2D eigenvalue weighted by Crippen LogP contribution is -2.58. The molecule has 0 bridgehead atoms. The normalized spacial score (nSPS) is 22.1. The number of aliphatic imine (C=N–C) groups is 1. The Bertz CT molecular complexity index is 708. The highest BCUT2D eigenvalue weighted by molar-refractivity contribution is 6.32. The highest BCUT2D eigenvalue weighted by Crippen LogP contribution is 2.20. The lowest BCUT2D eigenvalue weighted by molar-refractivity contribution is -0.131. The summed E-state index contributed by atoms with van der Waals surface area (Å²) in [7, 11) is 0. The third kappa shape index (κ3) is 4.16. The second-order valence-corrected chi connectivity index (χ2v) is 6.74. The zero-order valence-corrected chi connectivity index (χ0v) is 15.0. The minimum Gasteiger partial charge on any atom is -0.302 e. The highest BCUT2D eigenvalue weighted by Gasteiger charge is 2.40. The summed E-state index contributed by atoms with van der Waals surface area (Å²) in [5.74, 6) is -2.26. The number of carbonyl (C=O) groups is 3. The van der Waals surface area contributed by atoms with Crippen molar-refractivity contribution in [2.75, 3.05) is 31.1 Å². The van der Waals surface area contributed by atoms with E-state index in [-0.39, 0.29) is 0 Å². The van der Waals surface area contributed by atoms with E-state index in [0.29, 0.717) is 12.2 Å². The van der Waals surface area contributed by atoms with Crippen LogP contribution in [0, 0.1) is 12.8 Å². The quantitative estimate of drug-likeness (QED) is 0.644. The molecule has 0 saturated carbocycles. The number of piperidine rings is 1. The van der Waals surface area contributed by atoms with E-state index in [1.165, 1.54) is 25.5 Å². The van der Waals surface area contributed by atoms with E-state index in [2.05, 4.69) is 15.2 Å². The fourth-order valence-corrected chi connectivity index (χ4v) is 3.22. The number of hydrogen-bond donors (Lipinski definition) is 1. The number of imide groups is 2. The summed E-state index contributed by atoms with van der Waals surface area (Å²) in [5, 5.41) is 2.24. The lowest BCUT2D eigenvalue weighted by atomic mass is 10.1. The molecule has 1 N–H and O–H groups in total. The van der Waals surface area contributed by atoms with E-state index in [9.17, 15) is 14.4 Å². The fraction of sp³-hybridized carbons (Fsp3) is 0.474. The van der Waals surface area contributed by atoms with Crippen molar-refractivity contribution in [2.24, 2.45) is 10.9 Å². The molecule has 3 rings (SSSR count). The first-order valence-electron chi connectivity index (χ1n) is 9.04. The van der Waals surface area contributed by atoms with Crippen molar-refractivity contribution in [1.82, 2.24) is 10.2 Å². The molecule has 0 spiro atoms. The number of amides is 4. The predicted octanol–water partition coefficient (Wildman–Crippen LogP) is 1.75. The third-order valence-corrected chi connectivity index (χ3v) is 4.74. The number of urea groups is 1. The van der Waals surface area contributed by atoms with E-state index in [0.717, 1.165) is 30.1 Å². The first-order chi connectivity index (χ1) is 12.6. The number of anilines is 1. The second kappa shape index (κ2) is 8.23. The minimum absolute atomic E-state index is 0.442. The molecule has 4 amide bonds.